The quantitative estimate of drug-likeness (QED) is 0.282. The van der Waals surface area contributed by atoms with Crippen LogP contribution in [0.2, 0.25) is 0 Å². The van der Waals surface area contributed by atoms with Crippen molar-refractivity contribution in [1.29, 1.82) is 0 Å². The first-order valence-corrected chi connectivity index (χ1v) is 10.9. The first kappa shape index (κ1) is 23.9. The summed E-state index contributed by atoms with van der Waals surface area (Å²) in [4.78, 5) is 21.3. The van der Waals surface area contributed by atoms with Gasteiger partial charge in [-0.1, -0.05) is 18.2 Å². The van der Waals surface area contributed by atoms with E-state index in [0.717, 1.165) is 18.2 Å². The molecular weight excluding hydrogens is 490 g/mol. The number of aromatic nitrogens is 4. The van der Waals surface area contributed by atoms with Crippen molar-refractivity contribution in [3.8, 4) is 22.9 Å². The van der Waals surface area contributed by atoms with Crippen molar-refractivity contribution in [2.45, 2.75) is 13.1 Å². The number of ether oxygens (including phenoxy) is 1. The molecule has 0 fully saturated rings. The minimum Gasteiger partial charge on any atom is -0.436 e. The van der Waals surface area contributed by atoms with E-state index >= 15 is 0 Å². The first-order chi connectivity index (χ1) is 17.7. The van der Waals surface area contributed by atoms with Crippen molar-refractivity contribution >= 4 is 17.2 Å². The molecule has 2 aromatic carbocycles. The Kier molecular flexibility index (Phi) is 6.04. The van der Waals surface area contributed by atoms with Crippen LogP contribution in [0, 0.1) is 12.7 Å². The second-order valence-electron chi connectivity index (χ2n) is 8.02. The molecule has 1 N–H and O–H groups in total. The van der Waals surface area contributed by atoms with Crippen LogP contribution in [0.4, 0.5) is 23.2 Å². The number of carbonyl (C=O) groups excluding carboxylic acids is 1. The molecule has 37 heavy (non-hydrogen) atoms. The van der Waals surface area contributed by atoms with Crippen molar-refractivity contribution in [1.82, 2.24) is 19.6 Å². The zero-order valence-electron chi connectivity index (χ0n) is 19.1. The number of nitrogens with zero attached hydrogens (tertiary/aromatic N) is 4. The fraction of sp³-hybridized carbons (Fsp3) is 0.0769. The summed E-state index contributed by atoms with van der Waals surface area (Å²) in [7, 11) is 0. The van der Waals surface area contributed by atoms with Gasteiger partial charge in [-0.2, -0.15) is 22.8 Å². The molecule has 0 radical (unpaired) electrons. The summed E-state index contributed by atoms with van der Waals surface area (Å²) in [5.74, 6) is -1.15. The molecular formula is C26H17F4N5O2. The zero-order valence-corrected chi connectivity index (χ0v) is 19.1. The van der Waals surface area contributed by atoms with E-state index in [9.17, 15) is 22.4 Å². The van der Waals surface area contributed by atoms with Gasteiger partial charge in [-0.25, -0.2) is 14.4 Å². The summed E-state index contributed by atoms with van der Waals surface area (Å²) in [6, 6.07) is 16.2. The highest BCUT2D eigenvalue weighted by atomic mass is 19.4. The highest BCUT2D eigenvalue weighted by Gasteiger charge is 2.30. The predicted octanol–water partition coefficient (Wildman–Crippen LogP) is 6.30. The number of alkyl halides is 3. The normalized spacial score (nSPS) is 11.5. The smallest absolute Gasteiger partial charge is 0.416 e. The van der Waals surface area contributed by atoms with Gasteiger partial charge in [-0.15, -0.1) is 0 Å². The van der Waals surface area contributed by atoms with Gasteiger partial charge >= 0.3 is 6.18 Å². The molecule has 0 aliphatic rings. The highest BCUT2D eigenvalue weighted by Crippen LogP contribution is 2.31. The number of fused-ring (bicyclic) bond motifs is 1. The molecule has 11 heteroatoms. The number of aryl methyl sites for hydroxylation is 1. The van der Waals surface area contributed by atoms with Gasteiger partial charge < -0.3 is 10.1 Å². The Morgan fingerprint density at radius 1 is 0.973 bits per heavy atom. The largest absolute Gasteiger partial charge is 0.436 e. The number of pyridine rings is 1. The molecule has 3 aromatic heterocycles. The minimum atomic E-state index is -4.45. The van der Waals surface area contributed by atoms with Crippen LogP contribution in [-0.2, 0) is 6.18 Å². The topological polar surface area (TPSA) is 81.4 Å². The lowest BCUT2D eigenvalue weighted by Gasteiger charge is -2.11. The number of benzene rings is 2. The lowest BCUT2D eigenvalue weighted by Crippen LogP contribution is -2.14. The maximum Gasteiger partial charge on any atom is 0.416 e. The summed E-state index contributed by atoms with van der Waals surface area (Å²) < 4.78 is 60.4. The number of rotatable bonds is 5. The van der Waals surface area contributed by atoms with Crippen molar-refractivity contribution in [2.75, 3.05) is 5.32 Å². The van der Waals surface area contributed by atoms with Gasteiger partial charge in [-0.3, -0.25) is 4.79 Å². The van der Waals surface area contributed by atoms with Crippen LogP contribution in [0.15, 0.2) is 79.0 Å². The summed E-state index contributed by atoms with van der Waals surface area (Å²) in [5, 5.41) is 6.67. The summed E-state index contributed by atoms with van der Waals surface area (Å²) in [5.41, 5.74) is 1.32. The molecule has 0 saturated carbocycles. The lowest BCUT2D eigenvalue weighted by atomic mass is 10.1. The minimum absolute atomic E-state index is 0.00599. The second-order valence-corrected chi connectivity index (χ2v) is 8.02. The maximum absolute atomic E-state index is 14.8. The number of hydrogen-bond acceptors (Lipinski definition) is 5. The molecule has 5 rings (SSSR count). The van der Waals surface area contributed by atoms with Gasteiger partial charge in [-0.05, 0) is 43.3 Å². The number of nitrogens with one attached hydrogen (secondary N) is 1. The standard InChI is InChI=1S/C26H17F4N5O2/c1-15-13-24(35-23(32-15)11-12-31-35)37-22-10-9-18(14-19(22)27)33-25(36)21-4-2-3-20(34-21)16-5-7-17(8-6-16)26(28,29)30/h2-14H,1H3,(H,33,36). The van der Waals surface area contributed by atoms with Crippen LogP contribution in [0.3, 0.4) is 0 Å². The van der Waals surface area contributed by atoms with Crippen molar-refractivity contribution in [2.24, 2.45) is 0 Å². The van der Waals surface area contributed by atoms with Gasteiger partial charge in [0.15, 0.2) is 17.2 Å². The summed E-state index contributed by atoms with van der Waals surface area (Å²) in [6.45, 7) is 1.77. The SMILES string of the molecule is Cc1cc(Oc2ccc(NC(=O)c3cccc(-c4ccc(C(F)(F)F)cc4)n3)cc2F)n2nccc2n1. The van der Waals surface area contributed by atoms with E-state index < -0.39 is 23.5 Å². The van der Waals surface area contributed by atoms with Gasteiger partial charge in [0.2, 0.25) is 5.88 Å². The highest BCUT2D eigenvalue weighted by molar-refractivity contribution is 6.03. The fourth-order valence-corrected chi connectivity index (χ4v) is 3.60. The van der Waals surface area contributed by atoms with Crippen LogP contribution in [-0.4, -0.2) is 25.5 Å². The number of anilines is 1. The Morgan fingerprint density at radius 3 is 2.49 bits per heavy atom. The van der Waals surface area contributed by atoms with E-state index in [-0.39, 0.29) is 23.0 Å². The average Bonchev–Trinajstić information content (AvgIpc) is 3.34. The molecule has 0 bridgehead atoms. The molecule has 186 valence electrons. The Labute approximate surface area is 207 Å². The van der Waals surface area contributed by atoms with Crippen LogP contribution in [0.5, 0.6) is 11.6 Å². The molecule has 0 atom stereocenters. The number of hydrogen-bond donors (Lipinski definition) is 1. The van der Waals surface area contributed by atoms with Crippen LogP contribution in [0.25, 0.3) is 16.9 Å². The van der Waals surface area contributed by atoms with E-state index in [4.69, 9.17) is 4.74 Å². The molecule has 5 aromatic rings. The molecule has 0 aliphatic carbocycles. The van der Waals surface area contributed by atoms with Crippen molar-refractivity contribution in [3.05, 3.63) is 102 Å². The molecule has 7 nitrogen and oxygen atoms in total. The summed E-state index contributed by atoms with van der Waals surface area (Å²) in [6.07, 6.45) is -2.91. The Bertz CT molecular complexity index is 1610. The van der Waals surface area contributed by atoms with E-state index in [1.165, 1.54) is 34.8 Å². The Hall–Kier alpha value is -4.80. The second kappa shape index (κ2) is 9.34. The van der Waals surface area contributed by atoms with E-state index in [1.807, 2.05) is 0 Å². The predicted molar refractivity (Wildman–Crippen MR) is 127 cm³/mol. The van der Waals surface area contributed by atoms with Crippen molar-refractivity contribution in [3.63, 3.8) is 0 Å². The maximum atomic E-state index is 14.8. The first-order valence-electron chi connectivity index (χ1n) is 10.9. The Balaban J connectivity index is 1.32. The zero-order chi connectivity index (χ0) is 26.2. The lowest BCUT2D eigenvalue weighted by molar-refractivity contribution is -0.137. The number of carbonyl (C=O) groups is 1. The molecule has 0 saturated heterocycles. The van der Waals surface area contributed by atoms with E-state index in [0.29, 0.717) is 22.6 Å². The van der Waals surface area contributed by atoms with Gasteiger partial charge in [0.25, 0.3) is 5.91 Å². The van der Waals surface area contributed by atoms with E-state index in [2.05, 4.69) is 20.4 Å². The van der Waals surface area contributed by atoms with Gasteiger partial charge in [0.1, 0.15) is 5.69 Å². The monoisotopic (exact) mass is 507 g/mol. The average molecular weight is 507 g/mol. The third-order valence-electron chi connectivity index (χ3n) is 5.35. The molecule has 0 spiro atoms. The molecule has 0 unspecified atom stereocenters. The summed E-state index contributed by atoms with van der Waals surface area (Å²) >= 11 is 0. The van der Waals surface area contributed by atoms with Crippen LogP contribution < -0.4 is 10.1 Å². The van der Waals surface area contributed by atoms with Crippen molar-refractivity contribution < 1.29 is 27.1 Å². The van der Waals surface area contributed by atoms with Gasteiger partial charge in [0.05, 0.1) is 17.5 Å². The Morgan fingerprint density at radius 2 is 1.76 bits per heavy atom. The fourth-order valence-electron chi connectivity index (χ4n) is 3.60. The van der Waals surface area contributed by atoms with Crippen LogP contribution >= 0.6 is 0 Å². The van der Waals surface area contributed by atoms with Gasteiger partial charge in [0, 0.05) is 35.1 Å². The molecule has 0 aliphatic heterocycles. The van der Waals surface area contributed by atoms with Crippen LogP contribution in [0.1, 0.15) is 21.7 Å². The third kappa shape index (κ3) is 5.10. The van der Waals surface area contributed by atoms with E-state index in [1.54, 1.807) is 37.4 Å². The third-order valence-corrected chi connectivity index (χ3v) is 5.35. The number of amides is 1. The molecule has 1 amide bonds. The number of halogens is 4. The molecule has 3 heterocycles.